The Labute approximate surface area is 570 Å². The van der Waals surface area contributed by atoms with Crippen molar-refractivity contribution in [1.29, 1.82) is 0 Å². The summed E-state index contributed by atoms with van der Waals surface area (Å²) in [6, 6.07) is 101. The van der Waals surface area contributed by atoms with Gasteiger partial charge in [0.05, 0.1) is 22.4 Å². The van der Waals surface area contributed by atoms with Gasteiger partial charge in [0, 0.05) is 61.5 Å². The number of unbranched alkanes of at least 4 members (excludes halogenated alkanes) is 1. The second kappa shape index (κ2) is 23.8. The summed E-state index contributed by atoms with van der Waals surface area (Å²) in [5.74, 6) is 0. The van der Waals surface area contributed by atoms with Gasteiger partial charge in [-0.2, -0.15) is 0 Å². The van der Waals surface area contributed by atoms with Gasteiger partial charge < -0.3 is 14.4 Å². The van der Waals surface area contributed by atoms with Crippen LogP contribution >= 0.6 is 0 Å². The monoisotopic (exact) mass is 1250 g/mol. The van der Waals surface area contributed by atoms with Gasteiger partial charge in [0.2, 0.25) is 0 Å². The Morgan fingerprint density at radius 3 is 1.10 bits per heavy atom. The highest BCUT2D eigenvalue weighted by molar-refractivity contribution is 7.00. The van der Waals surface area contributed by atoms with Crippen LogP contribution in [0.2, 0.25) is 0 Å². The second-order valence-electron chi connectivity index (χ2n) is 31.2. The molecule has 0 amide bonds. The molecule has 0 spiro atoms. The number of benzene rings is 12. The van der Waals surface area contributed by atoms with Crippen LogP contribution in [0.1, 0.15) is 131 Å². The van der Waals surface area contributed by atoms with Crippen molar-refractivity contribution in [3.63, 3.8) is 0 Å². The van der Waals surface area contributed by atoms with E-state index in [4.69, 9.17) is 0 Å². The molecule has 13 aromatic rings. The Morgan fingerprint density at radius 2 is 0.708 bits per heavy atom. The largest absolute Gasteiger partial charge is 0.310 e. The molecule has 4 heteroatoms. The highest BCUT2D eigenvalue weighted by atomic mass is 15.2. The van der Waals surface area contributed by atoms with Crippen molar-refractivity contribution < 1.29 is 0 Å². The van der Waals surface area contributed by atoms with E-state index in [1.165, 1.54) is 156 Å². The molecule has 2 aliphatic rings. The summed E-state index contributed by atoms with van der Waals surface area (Å²) in [5.41, 5.74) is 32.5. The van der Waals surface area contributed by atoms with E-state index < -0.39 is 0 Å². The third-order valence-electron chi connectivity index (χ3n) is 20.5. The van der Waals surface area contributed by atoms with E-state index in [9.17, 15) is 0 Å². The van der Waals surface area contributed by atoms with Gasteiger partial charge in [0.25, 0.3) is 6.71 Å². The van der Waals surface area contributed by atoms with Gasteiger partial charge in [-0.1, -0.05) is 278 Å². The van der Waals surface area contributed by atoms with Crippen LogP contribution in [0.25, 0.3) is 83.1 Å². The quantitative estimate of drug-likeness (QED) is 0.120. The summed E-state index contributed by atoms with van der Waals surface area (Å²) in [4.78, 5) is 5.48. The van der Waals surface area contributed by atoms with E-state index in [-0.39, 0.29) is 28.4 Å². The maximum absolute atomic E-state index is 2.76. The molecule has 3 heterocycles. The molecule has 0 aliphatic carbocycles. The first-order chi connectivity index (χ1) is 46.1. The lowest BCUT2D eigenvalue weighted by Gasteiger charge is -2.46. The minimum absolute atomic E-state index is 0.0391. The number of aromatic nitrogens is 1. The molecule has 0 unspecified atom stereocenters. The van der Waals surface area contributed by atoms with Crippen molar-refractivity contribution in [3.8, 4) is 61.3 Å². The fourth-order valence-corrected chi connectivity index (χ4v) is 15.2. The third-order valence-corrected chi connectivity index (χ3v) is 20.5. The molecule has 0 radical (unpaired) electrons. The lowest BCUT2D eigenvalue weighted by atomic mass is 9.33. The van der Waals surface area contributed by atoms with Crippen molar-refractivity contribution >= 4 is 79.0 Å². The van der Waals surface area contributed by atoms with Crippen molar-refractivity contribution in [3.05, 3.63) is 289 Å². The van der Waals surface area contributed by atoms with E-state index in [1.807, 2.05) is 0 Å². The lowest BCUT2D eigenvalue weighted by molar-refractivity contribution is 0.590. The molecule has 1 aromatic heterocycles. The molecule has 0 saturated carbocycles. The molecule has 0 saturated heterocycles. The van der Waals surface area contributed by atoms with Crippen LogP contribution in [-0.4, -0.2) is 11.3 Å². The molecule has 12 aromatic carbocycles. The number of anilines is 6. The number of rotatable bonds is 11. The Bertz CT molecular complexity index is 4920. The molecular formula is C92H88BN3. The van der Waals surface area contributed by atoms with Gasteiger partial charge in [0.1, 0.15) is 0 Å². The smallest absolute Gasteiger partial charge is 0.252 e. The Hall–Kier alpha value is -9.90. The van der Waals surface area contributed by atoms with Gasteiger partial charge in [-0.05, 0) is 191 Å². The van der Waals surface area contributed by atoms with E-state index in [2.05, 4.69) is 365 Å². The Balaban J connectivity index is 1.13. The number of hydrogen-bond acceptors (Lipinski definition) is 2. The van der Waals surface area contributed by atoms with Crippen LogP contribution in [0, 0.1) is 0 Å². The van der Waals surface area contributed by atoms with E-state index in [1.54, 1.807) is 0 Å². The van der Waals surface area contributed by atoms with Gasteiger partial charge in [-0.25, -0.2) is 0 Å². The predicted molar refractivity (Wildman–Crippen MR) is 415 cm³/mol. The van der Waals surface area contributed by atoms with E-state index in [0.29, 0.717) is 0 Å². The summed E-state index contributed by atoms with van der Waals surface area (Å²) in [6.45, 7) is 30.3. The Kier molecular flexibility index (Phi) is 15.4. The summed E-state index contributed by atoms with van der Waals surface area (Å²) < 4.78 is 2.57. The molecule has 0 atom stereocenters. The number of hydrogen-bond donors (Lipinski definition) is 0. The van der Waals surface area contributed by atoms with Crippen molar-refractivity contribution in [1.82, 2.24) is 4.57 Å². The maximum Gasteiger partial charge on any atom is 0.252 e. The SMILES string of the molecule is CCCCc1cc2c3c(c1)N(c1c(-c4ccccc4)cc(C(C)(C)C)cc1-c1ccccc1)c1cc(-n4c5ccc(C(C)(C)C)cc5c5cc(C(C)(C)C)ccc54)ccc1B3c1cc(-c3ccccc3)ccc1N2c1c(-c2ccccc2)cc(C(C)(C)C)cc1-c1ccccc1. The molecule has 2 aliphatic heterocycles. The first-order valence-electron chi connectivity index (χ1n) is 34.9. The zero-order valence-corrected chi connectivity index (χ0v) is 58.4. The zero-order chi connectivity index (χ0) is 66.6. The van der Waals surface area contributed by atoms with Crippen LogP contribution in [0.5, 0.6) is 0 Å². The molecule has 0 fully saturated rings. The zero-order valence-electron chi connectivity index (χ0n) is 58.4. The van der Waals surface area contributed by atoms with Crippen molar-refractivity contribution in [2.45, 2.75) is 131 Å². The summed E-state index contributed by atoms with van der Waals surface area (Å²) in [6.07, 6.45) is 3.04. The molecule has 15 rings (SSSR count). The normalized spacial score (nSPS) is 13.1. The third kappa shape index (κ3) is 11.0. The topological polar surface area (TPSA) is 11.4 Å². The number of aryl methyl sites for hydroxylation is 1. The van der Waals surface area contributed by atoms with Crippen LogP contribution in [0.15, 0.2) is 261 Å². The van der Waals surface area contributed by atoms with Gasteiger partial charge in [-0.15, -0.1) is 0 Å². The van der Waals surface area contributed by atoms with Gasteiger partial charge >= 0.3 is 0 Å². The van der Waals surface area contributed by atoms with Crippen LogP contribution in [0.3, 0.4) is 0 Å². The van der Waals surface area contributed by atoms with Gasteiger partial charge in [-0.3, -0.25) is 0 Å². The summed E-state index contributed by atoms with van der Waals surface area (Å²) in [7, 11) is 0. The first kappa shape index (κ1) is 62.2. The summed E-state index contributed by atoms with van der Waals surface area (Å²) >= 11 is 0. The van der Waals surface area contributed by atoms with Crippen LogP contribution in [0.4, 0.5) is 34.1 Å². The molecule has 474 valence electrons. The van der Waals surface area contributed by atoms with Crippen LogP contribution < -0.4 is 26.2 Å². The molecule has 0 N–H and O–H groups in total. The van der Waals surface area contributed by atoms with Gasteiger partial charge in [0.15, 0.2) is 0 Å². The predicted octanol–water partition coefficient (Wildman–Crippen LogP) is 23.7. The molecule has 3 nitrogen and oxygen atoms in total. The standard InChI is InChI=1S/C92H88BN3/c1-14-15-31-60-50-84-86-85(51-60)96(88-74(64-38-27-19-28-39-64)57-70(92(11,12)13)58-75(88)65-40-29-20-30-41-65)83-59-71(94-80-48-43-67(89(2,3)4)53-76(80)77-54-68(90(5,6)7)44-49-81(77)94)45-46-78(83)93(86)79-52-66(61-32-21-16-22-33-61)42-47-82(79)95(84)87-72(62-34-23-17-24-35-62)55-69(91(8,9)10)56-73(87)63-36-25-18-26-37-63/h16-30,32-59H,14-15,31H2,1-13H3. The first-order valence-corrected chi connectivity index (χ1v) is 34.9. The highest BCUT2D eigenvalue weighted by Gasteiger charge is 2.46. The fourth-order valence-electron chi connectivity index (χ4n) is 15.2. The molecule has 96 heavy (non-hydrogen) atoms. The number of fused-ring (bicyclic) bond motifs is 7. The molecular weight excluding hydrogens is 1160 g/mol. The number of nitrogens with zero attached hydrogens (tertiary/aromatic N) is 3. The molecule has 0 bridgehead atoms. The summed E-state index contributed by atoms with van der Waals surface area (Å²) in [5, 5.41) is 2.55. The average molecular weight is 1250 g/mol. The lowest BCUT2D eigenvalue weighted by Crippen LogP contribution is -2.61. The second-order valence-corrected chi connectivity index (χ2v) is 31.2. The van der Waals surface area contributed by atoms with Crippen molar-refractivity contribution in [2.24, 2.45) is 0 Å². The minimum Gasteiger partial charge on any atom is -0.310 e. The Morgan fingerprint density at radius 1 is 0.312 bits per heavy atom. The average Bonchev–Trinajstić information content (AvgIpc) is 0.749. The van der Waals surface area contributed by atoms with E-state index in [0.717, 1.165) is 24.9 Å². The highest BCUT2D eigenvalue weighted by Crippen LogP contribution is 2.55. The van der Waals surface area contributed by atoms with Crippen molar-refractivity contribution in [2.75, 3.05) is 9.80 Å². The maximum atomic E-state index is 2.76. The fraction of sp³-hybridized carbons (Fsp3) is 0.217. The van der Waals surface area contributed by atoms with Crippen LogP contribution in [-0.2, 0) is 28.1 Å². The minimum atomic E-state index is -0.185. The van der Waals surface area contributed by atoms with E-state index >= 15 is 0 Å².